The van der Waals surface area contributed by atoms with Crippen LogP contribution in [-0.2, 0) is 0 Å². The summed E-state index contributed by atoms with van der Waals surface area (Å²) in [5.41, 5.74) is -4.18. The lowest BCUT2D eigenvalue weighted by Crippen LogP contribution is -2.11. The highest BCUT2D eigenvalue weighted by Crippen LogP contribution is 2.29. The molecular formula is C9H13F3N4S. The van der Waals surface area contributed by atoms with Crippen LogP contribution < -0.4 is 10.6 Å². The van der Waals surface area contributed by atoms with Crippen molar-refractivity contribution in [2.45, 2.75) is 12.4 Å². The van der Waals surface area contributed by atoms with Crippen LogP contribution >= 0.6 is 11.8 Å². The Hall–Kier alpha value is -1.18. The van der Waals surface area contributed by atoms with Gasteiger partial charge < -0.3 is 10.6 Å². The van der Waals surface area contributed by atoms with Crippen molar-refractivity contribution in [2.24, 2.45) is 0 Å². The molecule has 0 aliphatic rings. The van der Waals surface area contributed by atoms with Crippen LogP contribution in [0.2, 0.25) is 0 Å². The second-order valence-electron chi connectivity index (χ2n) is 3.04. The molecule has 4 nitrogen and oxygen atoms in total. The summed E-state index contributed by atoms with van der Waals surface area (Å²) < 4.78 is 35.5. The normalized spacial score (nSPS) is 11.3. The van der Waals surface area contributed by atoms with Crippen LogP contribution in [0.1, 0.15) is 6.92 Å². The molecule has 1 aromatic rings. The molecule has 0 amide bonds. The van der Waals surface area contributed by atoms with Crippen LogP contribution in [0.15, 0.2) is 12.4 Å². The third kappa shape index (κ3) is 6.20. The van der Waals surface area contributed by atoms with Gasteiger partial charge in [-0.2, -0.15) is 13.2 Å². The smallest absolute Gasteiger partial charge is 0.369 e. The summed E-state index contributed by atoms with van der Waals surface area (Å²) in [6.07, 6.45) is 3.03. The van der Waals surface area contributed by atoms with Crippen molar-refractivity contribution in [1.82, 2.24) is 9.97 Å². The number of rotatable bonds is 6. The van der Waals surface area contributed by atoms with Gasteiger partial charge in [-0.3, -0.25) is 4.98 Å². The van der Waals surface area contributed by atoms with Crippen molar-refractivity contribution in [3.63, 3.8) is 0 Å². The number of nitrogens with zero attached hydrogens (tertiary/aromatic N) is 2. The number of anilines is 2. The summed E-state index contributed by atoms with van der Waals surface area (Å²) in [7, 11) is 0. The standard InChI is InChI=1S/C9H13F3N4S/c1-2-14-7-5-13-6-8(16-7)15-3-4-17-9(10,11)12/h5-6H,2-4H2,1H3,(H2,14,15,16). The highest BCUT2D eigenvalue weighted by Gasteiger charge is 2.27. The van der Waals surface area contributed by atoms with Gasteiger partial charge in [-0.05, 0) is 18.7 Å². The summed E-state index contributed by atoms with van der Waals surface area (Å²) in [6, 6.07) is 0. The van der Waals surface area contributed by atoms with Crippen molar-refractivity contribution < 1.29 is 13.2 Å². The molecule has 0 bridgehead atoms. The topological polar surface area (TPSA) is 49.8 Å². The molecule has 0 radical (unpaired) electrons. The molecule has 0 aromatic carbocycles. The number of halogens is 3. The Kier molecular flexibility index (Phi) is 5.33. The molecule has 0 fully saturated rings. The Morgan fingerprint density at radius 2 is 1.88 bits per heavy atom. The van der Waals surface area contributed by atoms with Gasteiger partial charge in [-0.15, -0.1) is 0 Å². The third-order valence-corrected chi connectivity index (χ3v) is 2.40. The maximum atomic E-state index is 11.8. The van der Waals surface area contributed by atoms with Gasteiger partial charge in [-0.1, -0.05) is 0 Å². The minimum atomic E-state index is -4.18. The number of thioether (sulfide) groups is 1. The molecule has 17 heavy (non-hydrogen) atoms. The first-order chi connectivity index (χ1) is 8.01. The maximum Gasteiger partial charge on any atom is 0.441 e. The molecule has 1 aromatic heterocycles. The van der Waals surface area contributed by atoms with Crippen LogP contribution in [0.4, 0.5) is 24.8 Å². The second kappa shape index (κ2) is 6.53. The van der Waals surface area contributed by atoms with Crippen LogP contribution in [-0.4, -0.2) is 34.3 Å². The second-order valence-corrected chi connectivity index (χ2v) is 4.20. The fourth-order valence-electron chi connectivity index (χ4n) is 1.06. The van der Waals surface area contributed by atoms with E-state index in [0.29, 0.717) is 18.2 Å². The predicted molar refractivity (Wildman–Crippen MR) is 63.2 cm³/mol. The summed E-state index contributed by atoms with van der Waals surface area (Å²) >= 11 is -0.0590. The Bertz CT molecular complexity index is 345. The molecule has 0 saturated carbocycles. The maximum absolute atomic E-state index is 11.8. The number of hydrogen-bond donors (Lipinski definition) is 2. The highest BCUT2D eigenvalue weighted by molar-refractivity contribution is 8.00. The van der Waals surface area contributed by atoms with E-state index in [1.165, 1.54) is 6.20 Å². The van der Waals surface area contributed by atoms with Gasteiger partial charge in [0, 0.05) is 18.8 Å². The van der Waals surface area contributed by atoms with Crippen molar-refractivity contribution >= 4 is 23.4 Å². The molecule has 0 saturated heterocycles. The Morgan fingerprint density at radius 3 is 2.47 bits per heavy atom. The Labute approximate surface area is 101 Å². The molecule has 0 unspecified atom stereocenters. The van der Waals surface area contributed by atoms with E-state index in [-0.39, 0.29) is 24.1 Å². The van der Waals surface area contributed by atoms with Gasteiger partial charge in [0.2, 0.25) is 0 Å². The minimum absolute atomic E-state index is 0.0589. The summed E-state index contributed by atoms with van der Waals surface area (Å²) in [5, 5.41) is 5.75. The molecule has 0 aliphatic carbocycles. The molecule has 96 valence electrons. The molecular weight excluding hydrogens is 253 g/mol. The first-order valence-corrected chi connectivity index (χ1v) is 6.00. The summed E-state index contributed by atoms with van der Waals surface area (Å²) in [5.74, 6) is 1.00. The van der Waals surface area contributed by atoms with Gasteiger partial charge in [0.25, 0.3) is 0 Å². The average molecular weight is 266 g/mol. The molecule has 0 aliphatic heterocycles. The fraction of sp³-hybridized carbons (Fsp3) is 0.556. The minimum Gasteiger partial charge on any atom is -0.369 e. The van der Waals surface area contributed by atoms with Gasteiger partial charge >= 0.3 is 5.51 Å². The largest absolute Gasteiger partial charge is 0.441 e. The van der Waals surface area contributed by atoms with Crippen molar-refractivity contribution in [2.75, 3.05) is 29.5 Å². The fourth-order valence-corrected chi connectivity index (χ4v) is 1.50. The zero-order valence-corrected chi connectivity index (χ0v) is 10.0. The van der Waals surface area contributed by atoms with Crippen LogP contribution in [0.3, 0.4) is 0 Å². The van der Waals surface area contributed by atoms with E-state index < -0.39 is 5.51 Å². The number of aromatic nitrogens is 2. The highest BCUT2D eigenvalue weighted by atomic mass is 32.2. The van der Waals surface area contributed by atoms with E-state index in [0.717, 1.165) is 0 Å². The quantitative estimate of drug-likeness (QED) is 0.775. The summed E-state index contributed by atoms with van der Waals surface area (Å²) in [4.78, 5) is 8.04. The molecule has 2 N–H and O–H groups in total. The molecule has 0 atom stereocenters. The van der Waals surface area contributed by atoms with Crippen molar-refractivity contribution in [3.8, 4) is 0 Å². The molecule has 0 spiro atoms. The summed E-state index contributed by atoms with van der Waals surface area (Å²) in [6.45, 7) is 2.82. The predicted octanol–water partition coefficient (Wildman–Crippen LogP) is 2.57. The Balaban J connectivity index is 2.34. The number of nitrogens with one attached hydrogen (secondary N) is 2. The lowest BCUT2D eigenvalue weighted by Gasteiger charge is -2.08. The number of alkyl halides is 3. The van der Waals surface area contributed by atoms with Gasteiger partial charge in [-0.25, -0.2) is 4.98 Å². The zero-order valence-electron chi connectivity index (χ0n) is 9.21. The Morgan fingerprint density at radius 1 is 1.24 bits per heavy atom. The van der Waals surface area contributed by atoms with E-state index in [9.17, 15) is 13.2 Å². The molecule has 8 heteroatoms. The lowest BCUT2D eigenvalue weighted by atomic mass is 10.5. The van der Waals surface area contributed by atoms with Gasteiger partial charge in [0.1, 0.15) is 11.6 Å². The van der Waals surface area contributed by atoms with E-state index >= 15 is 0 Å². The third-order valence-electron chi connectivity index (χ3n) is 1.67. The van der Waals surface area contributed by atoms with Crippen LogP contribution in [0.25, 0.3) is 0 Å². The van der Waals surface area contributed by atoms with E-state index in [4.69, 9.17) is 0 Å². The van der Waals surface area contributed by atoms with Crippen LogP contribution in [0.5, 0.6) is 0 Å². The van der Waals surface area contributed by atoms with Crippen LogP contribution in [0, 0.1) is 0 Å². The first kappa shape index (κ1) is 13.9. The lowest BCUT2D eigenvalue weighted by molar-refractivity contribution is -0.0327. The molecule has 1 heterocycles. The van der Waals surface area contributed by atoms with E-state index in [2.05, 4.69) is 20.6 Å². The van der Waals surface area contributed by atoms with Crippen molar-refractivity contribution in [3.05, 3.63) is 12.4 Å². The van der Waals surface area contributed by atoms with Crippen molar-refractivity contribution in [1.29, 1.82) is 0 Å². The average Bonchev–Trinajstić information content (AvgIpc) is 2.24. The van der Waals surface area contributed by atoms with E-state index in [1.807, 2.05) is 6.92 Å². The van der Waals surface area contributed by atoms with E-state index in [1.54, 1.807) is 6.20 Å². The zero-order chi connectivity index (χ0) is 12.7. The van der Waals surface area contributed by atoms with Gasteiger partial charge in [0.15, 0.2) is 0 Å². The monoisotopic (exact) mass is 266 g/mol. The molecule has 1 rings (SSSR count). The SMILES string of the molecule is CCNc1cncc(NCCSC(F)(F)F)n1. The van der Waals surface area contributed by atoms with Gasteiger partial charge in [0.05, 0.1) is 12.4 Å². The number of hydrogen-bond acceptors (Lipinski definition) is 5. The first-order valence-electron chi connectivity index (χ1n) is 5.01.